The number of phenols is 1. The summed E-state index contributed by atoms with van der Waals surface area (Å²) in [6.45, 7) is 0. The van der Waals surface area contributed by atoms with E-state index in [1.54, 1.807) is 18.2 Å². The molecule has 5 aromatic rings. The Balaban J connectivity index is 1.51. The minimum absolute atomic E-state index is 0.0178. The van der Waals surface area contributed by atoms with Crippen molar-refractivity contribution in [2.24, 2.45) is 20.5 Å². The lowest BCUT2D eigenvalue weighted by molar-refractivity contribution is 0.0686. The van der Waals surface area contributed by atoms with Gasteiger partial charge in [0.05, 0.1) is 29.6 Å². The van der Waals surface area contributed by atoms with Crippen LogP contribution < -0.4 is 15.8 Å². The van der Waals surface area contributed by atoms with Gasteiger partial charge in [-0.15, -0.1) is 15.3 Å². The SMILES string of the molecule is COc1cc(N=Nc2ccc(C(=O)O)cc2)c(N)cc1N=Nc1c(S(=O)(=O)O)cc2ccc(Nc3cccc(C(=O)O)c3)cc2c1O. The molecule has 15 nitrogen and oxygen atoms in total. The molecule has 47 heavy (non-hydrogen) atoms. The average molecular weight is 657 g/mol. The molecular weight excluding hydrogens is 632 g/mol. The van der Waals surface area contributed by atoms with Crippen molar-refractivity contribution in [1.82, 2.24) is 0 Å². The molecule has 7 N–H and O–H groups in total. The predicted octanol–water partition coefficient (Wildman–Crippen LogP) is 7.35. The van der Waals surface area contributed by atoms with Crippen LogP contribution in [0.1, 0.15) is 20.7 Å². The van der Waals surface area contributed by atoms with Crippen LogP contribution in [0.4, 0.5) is 39.8 Å². The van der Waals surface area contributed by atoms with Crippen molar-refractivity contribution in [2.75, 3.05) is 18.2 Å². The van der Waals surface area contributed by atoms with Gasteiger partial charge in [0.2, 0.25) is 0 Å². The Morgan fingerprint density at radius 2 is 1.47 bits per heavy atom. The molecule has 238 valence electrons. The molecule has 0 radical (unpaired) electrons. The second-order valence-corrected chi connectivity index (χ2v) is 11.2. The molecule has 0 aliphatic rings. The molecule has 16 heteroatoms. The summed E-state index contributed by atoms with van der Waals surface area (Å²) in [5.74, 6) is -2.72. The highest BCUT2D eigenvalue weighted by Crippen LogP contribution is 2.44. The van der Waals surface area contributed by atoms with Gasteiger partial charge in [-0.05, 0) is 72.1 Å². The lowest BCUT2D eigenvalue weighted by Crippen LogP contribution is -2.00. The second kappa shape index (κ2) is 12.9. The molecule has 0 aliphatic heterocycles. The number of nitrogens with one attached hydrogen (secondary N) is 1. The number of azo groups is 2. The van der Waals surface area contributed by atoms with Crippen LogP contribution >= 0.6 is 0 Å². The zero-order valence-corrected chi connectivity index (χ0v) is 25.0. The third-order valence-corrected chi connectivity index (χ3v) is 7.57. The van der Waals surface area contributed by atoms with Crippen LogP contribution in [0.5, 0.6) is 11.5 Å². The highest BCUT2D eigenvalue weighted by molar-refractivity contribution is 7.86. The molecule has 0 spiro atoms. The Kier molecular flexibility index (Phi) is 8.80. The molecule has 0 heterocycles. The molecule has 0 unspecified atom stereocenters. The zero-order valence-electron chi connectivity index (χ0n) is 24.2. The summed E-state index contributed by atoms with van der Waals surface area (Å²) in [7, 11) is -3.57. The maximum Gasteiger partial charge on any atom is 0.335 e. The number of carboxylic acids is 2. The monoisotopic (exact) mass is 656 g/mol. The van der Waals surface area contributed by atoms with Crippen LogP contribution in [0.25, 0.3) is 10.8 Å². The number of nitrogens with zero attached hydrogens (tertiary/aromatic N) is 4. The Bertz CT molecular complexity index is 2220. The van der Waals surface area contributed by atoms with E-state index in [1.165, 1.54) is 67.8 Å². The first-order valence-corrected chi connectivity index (χ1v) is 14.8. The number of nitrogen functional groups attached to an aromatic ring is 1. The van der Waals surface area contributed by atoms with E-state index in [0.29, 0.717) is 17.1 Å². The normalized spacial score (nSPS) is 11.7. The fourth-order valence-corrected chi connectivity index (χ4v) is 5.05. The topological polar surface area (TPSA) is 246 Å². The first-order chi connectivity index (χ1) is 22.3. The number of nitrogens with two attached hydrogens (primary N) is 1. The van der Waals surface area contributed by atoms with Gasteiger partial charge in [-0.1, -0.05) is 12.1 Å². The average Bonchev–Trinajstić information content (AvgIpc) is 3.03. The van der Waals surface area contributed by atoms with Gasteiger partial charge in [0.25, 0.3) is 10.1 Å². The number of aromatic carboxylic acids is 2. The van der Waals surface area contributed by atoms with E-state index in [2.05, 4.69) is 25.8 Å². The number of phenolic OH excluding ortho intramolecular Hbond substituents is 1. The number of carbonyl (C=O) groups is 2. The Morgan fingerprint density at radius 1 is 0.787 bits per heavy atom. The smallest absolute Gasteiger partial charge is 0.335 e. The molecule has 0 bridgehead atoms. The Morgan fingerprint density at radius 3 is 2.13 bits per heavy atom. The molecule has 0 aliphatic carbocycles. The van der Waals surface area contributed by atoms with E-state index in [4.69, 9.17) is 15.6 Å². The van der Waals surface area contributed by atoms with Crippen molar-refractivity contribution in [3.05, 3.63) is 96.1 Å². The molecule has 0 saturated carbocycles. The molecule has 0 saturated heterocycles. The van der Waals surface area contributed by atoms with E-state index in [1.807, 2.05) is 0 Å². The molecule has 0 atom stereocenters. The largest absolute Gasteiger partial charge is 0.505 e. The summed E-state index contributed by atoms with van der Waals surface area (Å²) < 4.78 is 39.9. The van der Waals surface area contributed by atoms with Gasteiger partial charge in [0.1, 0.15) is 27.7 Å². The van der Waals surface area contributed by atoms with Crippen molar-refractivity contribution in [1.29, 1.82) is 0 Å². The highest BCUT2D eigenvalue weighted by atomic mass is 32.2. The van der Waals surface area contributed by atoms with E-state index < -0.39 is 38.4 Å². The standard InChI is InChI=1S/C31H24N6O9S/c1-46-26-15-24(35-34-19-8-5-16(6-9-19)30(39)40)23(32)14-25(26)36-37-28-27(47(43,44)45)12-17-7-10-21(13-22(17)29(28)38)33-20-4-2-3-18(11-20)31(41)42/h2-15,33,38H,32H2,1H3,(H,39,40)(H,41,42)(H,43,44,45). The fraction of sp³-hybridized carbons (Fsp3) is 0.0323. The van der Waals surface area contributed by atoms with Crippen molar-refractivity contribution >= 4 is 72.6 Å². The first kappa shape index (κ1) is 32.0. The van der Waals surface area contributed by atoms with Crippen molar-refractivity contribution < 1.29 is 42.6 Å². The number of carboxylic acid groups (broad SMARTS) is 2. The van der Waals surface area contributed by atoms with Gasteiger partial charge in [-0.25, -0.2) is 9.59 Å². The Hall–Kier alpha value is -6.39. The van der Waals surface area contributed by atoms with Gasteiger partial charge in [0, 0.05) is 22.8 Å². The maximum atomic E-state index is 12.3. The number of hydrogen-bond donors (Lipinski definition) is 6. The Labute approximate surface area is 266 Å². The summed E-state index contributed by atoms with van der Waals surface area (Å²) in [5.41, 5.74) is 7.19. The quantitative estimate of drug-likeness (QED) is 0.0492. The van der Waals surface area contributed by atoms with E-state index >= 15 is 0 Å². The fourth-order valence-electron chi connectivity index (χ4n) is 4.40. The number of aromatic hydroxyl groups is 1. The lowest BCUT2D eigenvalue weighted by atomic mass is 10.1. The van der Waals surface area contributed by atoms with Gasteiger partial charge < -0.3 is 31.1 Å². The van der Waals surface area contributed by atoms with Crippen molar-refractivity contribution in [3.8, 4) is 11.5 Å². The van der Waals surface area contributed by atoms with E-state index in [9.17, 15) is 32.8 Å². The minimum Gasteiger partial charge on any atom is -0.505 e. The summed E-state index contributed by atoms with van der Waals surface area (Å²) in [6, 6.07) is 20.1. The molecule has 0 fully saturated rings. The number of hydrogen-bond acceptors (Lipinski definition) is 12. The van der Waals surface area contributed by atoms with E-state index in [-0.39, 0.29) is 44.7 Å². The number of ether oxygens (including phenoxy) is 1. The molecular formula is C31H24N6O9S. The van der Waals surface area contributed by atoms with E-state index in [0.717, 1.165) is 6.07 Å². The van der Waals surface area contributed by atoms with Crippen LogP contribution in [0.2, 0.25) is 0 Å². The van der Waals surface area contributed by atoms with Crippen LogP contribution in [-0.2, 0) is 10.1 Å². The van der Waals surface area contributed by atoms with Crippen LogP contribution in [0.3, 0.4) is 0 Å². The molecule has 0 aromatic heterocycles. The van der Waals surface area contributed by atoms with Crippen molar-refractivity contribution in [3.63, 3.8) is 0 Å². The van der Waals surface area contributed by atoms with Gasteiger partial charge in [0.15, 0.2) is 5.75 Å². The number of methoxy groups -OCH3 is 1. The molecule has 5 rings (SSSR count). The van der Waals surface area contributed by atoms with Gasteiger partial charge >= 0.3 is 11.9 Å². The number of rotatable bonds is 10. The van der Waals surface area contributed by atoms with Crippen molar-refractivity contribution in [2.45, 2.75) is 4.90 Å². The lowest BCUT2D eigenvalue weighted by Gasteiger charge is -2.12. The third kappa shape index (κ3) is 7.14. The summed E-state index contributed by atoms with van der Waals surface area (Å²) in [6.07, 6.45) is 0. The third-order valence-electron chi connectivity index (χ3n) is 6.70. The first-order valence-electron chi connectivity index (χ1n) is 13.4. The number of anilines is 3. The van der Waals surface area contributed by atoms with Gasteiger partial charge in [-0.2, -0.15) is 13.5 Å². The highest BCUT2D eigenvalue weighted by Gasteiger charge is 2.23. The summed E-state index contributed by atoms with van der Waals surface area (Å²) in [4.78, 5) is 21.7. The number of benzene rings is 5. The maximum absolute atomic E-state index is 12.3. The van der Waals surface area contributed by atoms with Gasteiger partial charge in [-0.3, -0.25) is 4.55 Å². The zero-order chi connectivity index (χ0) is 33.9. The molecule has 5 aromatic carbocycles. The van der Waals surface area contributed by atoms with Crippen LogP contribution in [0, 0.1) is 0 Å². The second-order valence-electron chi connectivity index (χ2n) is 9.83. The molecule has 0 amide bonds. The predicted molar refractivity (Wildman–Crippen MR) is 171 cm³/mol. The van der Waals surface area contributed by atoms with Crippen LogP contribution in [-0.4, -0.2) is 47.3 Å². The summed E-state index contributed by atoms with van der Waals surface area (Å²) in [5, 5.41) is 49.0. The van der Waals surface area contributed by atoms with Crippen LogP contribution in [0.15, 0.2) is 110 Å². The summed E-state index contributed by atoms with van der Waals surface area (Å²) >= 11 is 0. The number of fused-ring (bicyclic) bond motifs is 1. The minimum atomic E-state index is -4.90.